The lowest BCUT2D eigenvalue weighted by Gasteiger charge is -2.36. The van der Waals surface area contributed by atoms with Crippen LogP contribution in [0.2, 0.25) is 0 Å². The van der Waals surface area contributed by atoms with Crippen LogP contribution < -0.4 is 0 Å². The average Bonchev–Trinajstić information content (AvgIpc) is 2.24. The van der Waals surface area contributed by atoms with Gasteiger partial charge in [0.1, 0.15) is 11.9 Å². The maximum atomic E-state index is 12.0. The van der Waals surface area contributed by atoms with Crippen LogP contribution in [0.25, 0.3) is 0 Å². The first-order valence-electron chi connectivity index (χ1n) is 6.13. The third-order valence-electron chi connectivity index (χ3n) is 2.53. The Bertz CT molecular complexity index is 267. The first-order chi connectivity index (χ1) is 7.94. The molecule has 1 rings (SSSR count). The van der Waals surface area contributed by atoms with Crippen LogP contribution in [0, 0.1) is 0 Å². The lowest BCUT2D eigenvalue weighted by Crippen LogP contribution is -2.51. The van der Waals surface area contributed by atoms with Gasteiger partial charge < -0.3 is 9.53 Å². The monoisotopic (exact) mass is 242 g/mol. The van der Waals surface area contributed by atoms with E-state index in [1.807, 2.05) is 25.8 Å². The Balaban J connectivity index is 2.63. The fraction of sp³-hybridized carbons (Fsp3) is 0.833. The van der Waals surface area contributed by atoms with Gasteiger partial charge in [-0.25, -0.2) is 14.8 Å². The number of hydrogen-bond donors (Lipinski definition) is 0. The van der Waals surface area contributed by atoms with Crippen LogP contribution in [-0.2, 0) is 9.53 Å². The van der Waals surface area contributed by atoms with E-state index in [0.29, 0.717) is 0 Å². The van der Waals surface area contributed by atoms with Gasteiger partial charge in [-0.1, -0.05) is 6.42 Å². The Hall–Kier alpha value is -1.10. The fourth-order valence-electron chi connectivity index (χ4n) is 1.81. The minimum absolute atomic E-state index is 0.0644. The number of piperidine rings is 1. The van der Waals surface area contributed by atoms with Crippen LogP contribution in [0.15, 0.2) is 0 Å². The zero-order chi connectivity index (χ0) is 12.9. The molecule has 0 aromatic carbocycles. The highest BCUT2D eigenvalue weighted by atomic mass is 16.6. The molecule has 1 aliphatic heterocycles. The van der Waals surface area contributed by atoms with Crippen molar-refractivity contribution in [2.24, 2.45) is 0 Å². The van der Waals surface area contributed by atoms with E-state index in [9.17, 15) is 9.59 Å². The molecule has 0 bridgehead atoms. The molecule has 5 nitrogen and oxygen atoms in total. The number of ether oxygens (including phenoxy) is 1. The van der Waals surface area contributed by atoms with Crippen LogP contribution in [0.3, 0.4) is 0 Å². The fourth-order valence-corrected chi connectivity index (χ4v) is 1.81. The first kappa shape index (κ1) is 14.0. The minimum atomic E-state index is -0.534. The molecule has 0 aromatic rings. The maximum absolute atomic E-state index is 12.0. The zero-order valence-electron chi connectivity index (χ0n) is 10.9. The lowest BCUT2D eigenvalue weighted by atomic mass is 10.2. The molecular weight excluding hydrogens is 220 g/mol. The molecule has 17 heavy (non-hydrogen) atoms. The van der Waals surface area contributed by atoms with Crippen molar-refractivity contribution in [3.8, 4) is 0 Å². The highest BCUT2D eigenvalue weighted by Crippen LogP contribution is 2.15. The number of carbonyl (C=O) groups is 2. The Morgan fingerprint density at radius 2 is 1.88 bits per heavy atom. The molecule has 0 saturated carbocycles. The summed E-state index contributed by atoms with van der Waals surface area (Å²) in [6, 6.07) is 0. The molecule has 0 aromatic heterocycles. The number of aldehydes is 1. The van der Waals surface area contributed by atoms with Crippen molar-refractivity contribution in [3.63, 3.8) is 0 Å². The maximum Gasteiger partial charge on any atom is 0.425 e. The number of nitrogens with zero attached hydrogens (tertiary/aromatic N) is 2. The summed E-state index contributed by atoms with van der Waals surface area (Å²) >= 11 is 0. The van der Waals surface area contributed by atoms with Gasteiger partial charge in [-0.3, -0.25) is 0 Å². The van der Waals surface area contributed by atoms with Crippen LogP contribution in [-0.4, -0.2) is 47.6 Å². The highest BCUT2D eigenvalue weighted by molar-refractivity contribution is 5.71. The van der Waals surface area contributed by atoms with Gasteiger partial charge >= 0.3 is 6.09 Å². The predicted molar refractivity (Wildman–Crippen MR) is 64.4 cm³/mol. The molecule has 1 heterocycles. The van der Waals surface area contributed by atoms with E-state index in [-0.39, 0.29) is 6.54 Å². The summed E-state index contributed by atoms with van der Waals surface area (Å²) in [5, 5.41) is 3.32. The summed E-state index contributed by atoms with van der Waals surface area (Å²) in [5.41, 5.74) is -0.534. The second-order valence-electron chi connectivity index (χ2n) is 5.24. The third-order valence-corrected chi connectivity index (χ3v) is 2.53. The second-order valence-corrected chi connectivity index (χ2v) is 5.24. The van der Waals surface area contributed by atoms with Crippen LogP contribution >= 0.6 is 0 Å². The quantitative estimate of drug-likeness (QED) is 0.708. The molecule has 0 atom stereocenters. The largest absolute Gasteiger partial charge is 0.443 e. The van der Waals surface area contributed by atoms with E-state index in [0.717, 1.165) is 32.2 Å². The van der Waals surface area contributed by atoms with Gasteiger partial charge in [0.25, 0.3) is 0 Å². The third kappa shape index (κ3) is 4.73. The summed E-state index contributed by atoms with van der Waals surface area (Å²) in [7, 11) is 0. The molecule has 0 radical (unpaired) electrons. The summed E-state index contributed by atoms with van der Waals surface area (Å²) in [6.45, 7) is 7.15. The topological polar surface area (TPSA) is 49.9 Å². The standard InChI is InChI=1S/C12H22N2O3/c1-12(2,3)17-11(16)14(9-10-15)13-7-5-4-6-8-13/h10H,4-9H2,1-3H3. The lowest BCUT2D eigenvalue weighted by molar-refractivity contribution is -0.115. The predicted octanol–water partition coefficient (Wildman–Crippen LogP) is 1.82. The van der Waals surface area contributed by atoms with E-state index in [4.69, 9.17) is 4.74 Å². The van der Waals surface area contributed by atoms with Crippen molar-refractivity contribution in [2.75, 3.05) is 19.6 Å². The number of amides is 1. The van der Waals surface area contributed by atoms with Crippen LogP contribution in [0.1, 0.15) is 40.0 Å². The molecule has 0 unspecified atom stereocenters. The van der Waals surface area contributed by atoms with E-state index >= 15 is 0 Å². The minimum Gasteiger partial charge on any atom is -0.443 e. The van der Waals surface area contributed by atoms with Gasteiger partial charge in [-0.2, -0.15) is 0 Å². The second kappa shape index (κ2) is 6.00. The first-order valence-corrected chi connectivity index (χ1v) is 6.13. The molecule has 1 amide bonds. The molecule has 0 N–H and O–H groups in total. The zero-order valence-corrected chi connectivity index (χ0v) is 10.9. The Morgan fingerprint density at radius 1 is 1.29 bits per heavy atom. The number of hydrogen-bond acceptors (Lipinski definition) is 4. The Labute approximate surface area is 103 Å². The number of rotatable bonds is 3. The van der Waals surface area contributed by atoms with Gasteiger partial charge in [0, 0.05) is 13.1 Å². The Morgan fingerprint density at radius 3 is 2.35 bits per heavy atom. The van der Waals surface area contributed by atoms with Gasteiger partial charge in [0.15, 0.2) is 0 Å². The average molecular weight is 242 g/mol. The molecule has 1 aliphatic rings. The highest BCUT2D eigenvalue weighted by Gasteiger charge is 2.27. The van der Waals surface area contributed by atoms with E-state index in [2.05, 4.69) is 0 Å². The molecular formula is C12H22N2O3. The van der Waals surface area contributed by atoms with E-state index < -0.39 is 11.7 Å². The molecule has 1 saturated heterocycles. The SMILES string of the molecule is CC(C)(C)OC(=O)N(CC=O)N1CCCCC1. The smallest absolute Gasteiger partial charge is 0.425 e. The van der Waals surface area contributed by atoms with Gasteiger partial charge in [0.05, 0.1) is 6.54 Å². The van der Waals surface area contributed by atoms with Crippen LogP contribution in [0.5, 0.6) is 0 Å². The van der Waals surface area contributed by atoms with Gasteiger partial charge in [-0.05, 0) is 33.6 Å². The summed E-state index contributed by atoms with van der Waals surface area (Å²) < 4.78 is 5.29. The normalized spacial score (nSPS) is 17.6. The molecule has 0 spiro atoms. The molecule has 0 aliphatic carbocycles. The van der Waals surface area contributed by atoms with Crippen molar-refractivity contribution < 1.29 is 14.3 Å². The molecule has 5 heteroatoms. The van der Waals surface area contributed by atoms with Crippen molar-refractivity contribution in [1.29, 1.82) is 0 Å². The van der Waals surface area contributed by atoms with Gasteiger partial charge in [0.2, 0.25) is 0 Å². The van der Waals surface area contributed by atoms with Crippen molar-refractivity contribution >= 4 is 12.4 Å². The van der Waals surface area contributed by atoms with E-state index in [1.165, 1.54) is 11.4 Å². The number of hydrazine groups is 1. The van der Waals surface area contributed by atoms with Crippen LogP contribution in [0.4, 0.5) is 4.79 Å². The van der Waals surface area contributed by atoms with E-state index in [1.54, 1.807) is 0 Å². The summed E-state index contributed by atoms with van der Waals surface area (Å²) in [4.78, 5) is 22.6. The van der Waals surface area contributed by atoms with Crippen molar-refractivity contribution in [1.82, 2.24) is 10.0 Å². The summed E-state index contributed by atoms with van der Waals surface area (Å²) in [6.07, 6.45) is 3.58. The van der Waals surface area contributed by atoms with Crippen molar-refractivity contribution in [2.45, 2.75) is 45.6 Å². The number of carbonyl (C=O) groups excluding carboxylic acids is 2. The molecule has 98 valence electrons. The summed E-state index contributed by atoms with van der Waals surface area (Å²) in [5.74, 6) is 0. The Kier molecular flexibility index (Phi) is 4.93. The van der Waals surface area contributed by atoms with Crippen molar-refractivity contribution in [3.05, 3.63) is 0 Å². The van der Waals surface area contributed by atoms with Gasteiger partial charge in [-0.15, -0.1) is 0 Å². The molecule has 1 fully saturated rings.